The van der Waals surface area contributed by atoms with Gasteiger partial charge >= 0.3 is 0 Å². The molecule has 2 aromatic rings. The smallest absolute Gasteiger partial charge is 0.248 e. The lowest BCUT2D eigenvalue weighted by atomic mass is 9.78. The predicted octanol–water partition coefficient (Wildman–Crippen LogP) is 4.14. The van der Waals surface area contributed by atoms with E-state index in [2.05, 4.69) is 21.2 Å². The number of amides is 2. The van der Waals surface area contributed by atoms with Gasteiger partial charge in [-0.05, 0) is 48.7 Å². The van der Waals surface area contributed by atoms with Crippen LogP contribution in [0.4, 0.5) is 10.1 Å². The molecule has 0 spiro atoms. The lowest BCUT2D eigenvalue weighted by Gasteiger charge is -2.28. The van der Waals surface area contributed by atoms with Crippen LogP contribution in [0.15, 0.2) is 46.9 Å². The third kappa shape index (κ3) is 3.44. The zero-order chi connectivity index (χ0) is 18.0. The number of primary amides is 1. The topological polar surface area (TPSA) is 72.2 Å². The maximum absolute atomic E-state index is 14.1. The molecular formula is C19H18BrFN2O2. The number of halogens is 2. The zero-order valence-electron chi connectivity index (χ0n) is 13.5. The minimum Gasteiger partial charge on any atom is -0.366 e. The molecule has 2 aromatic carbocycles. The van der Waals surface area contributed by atoms with Crippen LogP contribution in [0.5, 0.6) is 0 Å². The van der Waals surface area contributed by atoms with Crippen LogP contribution in [-0.4, -0.2) is 11.8 Å². The predicted molar refractivity (Wildman–Crippen MR) is 97.8 cm³/mol. The molecule has 4 nitrogen and oxygen atoms in total. The first-order chi connectivity index (χ1) is 11.9. The van der Waals surface area contributed by atoms with E-state index in [1.54, 1.807) is 0 Å². The Morgan fingerprint density at radius 1 is 1.12 bits per heavy atom. The molecule has 0 aromatic heterocycles. The molecule has 3 rings (SSSR count). The Morgan fingerprint density at radius 3 is 2.48 bits per heavy atom. The van der Waals surface area contributed by atoms with E-state index in [1.807, 2.05) is 24.3 Å². The summed E-state index contributed by atoms with van der Waals surface area (Å²) in [6, 6.07) is 11.4. The van der Waals surface area contributed by atoms with Gasteiger partial charge in [-0.3, -0.25) is 9.59 Å². The minimum absolute atomic E-state index is 0.0254. The van der Waals surface area contributed by atoms with E-state index in [9.17, 15) is 14.0 Å². The van der Waals surface area contributed by atoms with Gasteiger partial charge in [0.1, 0.15) is 5.82 Å². The highest BCUT2D eigenvalue weighted by molar-refractivity contribution is 9.10. The molecule has 6 heteroatoms. The van der Waals surface area contributed by atoms with E-state index in [4.69, 9.17) is 5.73 Å². The van der Waals surface area contributed by atoms with Crippen molar-refractivity contribution in [3.63, 3.8) is 0 Å². The lowest BCUT2D eigenvalue weighted by Crippen LogP contribution is -2.38. The summed E-state index contributed by atoms with van der Waals surface area (Å²) in [4.78, 5) is 24.4. The van der Waals surface area contributed by atoms with Gasteiger partial charge in [-0.2, -0.15) is 0 Å². The van der Waals surface area contributed by atoms with Crippen molar-refractivity contribution in [3.8, 4) is 0 Å². The van der Waals surface area contributed by atoms with Gasteiger partial charge in [-0.25, -0.2) is 4.39 Å². The number of rotatable bonds is 4. The number of benzene rings is 2. The molecule has 1 saturated carbocycles. The van der Waals surface area contributed by atoms with Crippen LogP contribution in [0.1, 0.15) is 41.6 Å². The fourth-order valence-corrected chi connectivity index (χ4v) is 3.83. The Kier molecular flexibility index (Phi) is 4.90. The number of hydrogen-bond donors (Lipinski definition) is 2. The summed E-state index contributed by atoms with van der Waals surface area (Å²) >= 11 is 3.44. The molecule has 1 fully saturated rings. The van der Waals surface area contributed by atoms with E-state index in [1.165, 1.54) is 12.1 Å². The summed E-state index contributed by atoms with van der Waals surface area (Å²) in [6.45, 7) is 0. The molecule has 0 heterocycles. The fourth-order valence-electron chi connectivity index (χ4n) is 3.43. The molecule has 0 aliphatic heterocycles. The van der Waals surface area contributed by atoms with Crippen molar-refractivity contribution in [1.29, 1.82) is 0 Å². The number of hydrogen-bond acceptors (Lipinski definition) is 2. The third-order valence-electron chi connectivity index (χ3n) is 4.77. The fraction of sp³-hybridized carbons (Fsp3) is 0.263. The van der Waals surface area contributed by atoms with Gasteiger partial charge in [0.25, 0.3) is 0 Å². The van der Waals surface area contributed by atoms with E-state index >= 15 is 0 Å². The van der Waals surface area contributed by atoms with Crippen LogP contribution >= 0.6 is 15.9 Å². The largest absolute Gasteiger partial charge is 0.366 e. The van der Waals surface area contributed by atoms with Crippen molar-refractivity contribution in [2.45, 2.75) is 31.1 Å². The van der Waals surface area contributed by atoms with Crippen molar-refractivity contribution in [2.75, 3.05) is 5.32 Å². The molecule has 0 radical (unpaired) electrons. The summed E-state index contributed by atoms with van der Waals surface area (Å²) in [5, 5.41) is 2.67. The van der Waals surface area contributed by atoms with Crippen LogP contribution in [-0.2, 0) is 10.2 Å². The molecule has 1 aliphatic carbocycles. The van der Waals surface area contributed by atoms with Crippen molar-refractivity contribution < 1.29 is 14.0 Å². The van der Waals surface area contributed by atoms with Gasteiger partial charge < -0.3 is 11.1 Å². The Bertz CT molecular complexity index is 832. The molecule has 25 heavy (non-hydrogen) atoms. The van der Waals surface area contributed by atoms with Gasteiger partial charge in [0, 0.05) is 10.0 Å². The monoisotopic (exact) mass is 404 g/mol. The highest BCUT2D eigenvalue weighted by Crippen LogP contribution is 2.42. The molecule has 3 N–H and O–H groups in total. The second-order valence-electron chi connectivity index (χ2n) is 6.31. The van der Waals surface area contributed by atoms with Crippen LogP contribution in [0.2, 0.25) is 0 Å². The first kappa shape index (κ1) is 17.6. The summed E-state index contributed by atoms with van der Waals surface area (Å²) < 4.78 is 15.0. The Hall–Kier alpha value is -2.21. The van der Waals surface area contributed by atoms with Gasteiger partial charge in [-0.15, -0.1) is 0 Å². The molecule has 2 amide bonds. The highest BCUT2D eigenvalue weighted by Gasteiger charge is 2.43. The van der Waals surface area contributed by atoms with Crippen LogP contribution in [0.25, 0.3) is 0 Å². The quantitative estimate of drug-likeness (QED) is 0.803. The van der Waals surface area contributed by atoms with Gasteiger partial charge in [0.15, 0.2) is 0 Å². The zero-order valence-corrected chi connectivity index (χ0v) is 15.1. The Labute approximate surface area is 153 Å². The number of nitrogens with one attached hydrogen (secondary N) is 1. The second kappa shape index (κ2) is 6.96. The average Bonchev–Trinajstić information content (AvgIpc) is 3.07. The summed E-state index contributed by atoms with van der Waals surface area (Å²) in [7, 11) is 0. The molecule has 0 saturated heterocycles. The Balaban J connectivity index is 1.95. The lowest BCUT2D eigenvalue weighted by molar-refractivity contribution is -0.121. The highest BCUT2D eigenvalue weighted by atomic mass is 79.9. The third-order valence-corrected chi connectivity index (χ3v) is 5.26. The summed E-state index contributed by atoms with van der Waals surface area (Å²) in [5.74, 6) is -1.53. The summed E-state index contributed by atoms with van der Waals surface area (Å²) in [6.07, 6.45) is 3.27. The van der Waals surface area contributed by atoms with Gasteiger partial charge in [0.2, 0.25) is 11.8 Å². The first-order valence-corrected chi connectivity index (χ1v) is 8.88. The van der Waals surface area contributed by atoms with E-state index in [-0.39, 0.29) is 17.2 Å². The molecular weight excluding hydrogens is 387 g/mol. The molecule has 130 valence electrons. The number of nitrogens with two attached hydrogens (primary N) is 1. The SMILES string of the molecule is NC(=O)c1ccc(F)c(NC(=O)C2(c3cccc(Br)c3)CCCC2)c1. The van der Waals surface area contributed by atoms with Gasteiger partial charge in [0.05, 0.1) is 11.1 Å². The normalized spacial score (nSPS) is 15.8. The van der Waals surface area contributed by atoms with Crippen LogP contribution in [0, 0.1) is 5.82 Å². The van der Waals surface area contributed by atoms with Crippen LogP contribution in [0.3, 0.4) is 0 Å². The minimum atomic E-state index is -0.695. The summed E-state index contributed by atoms with van der Waals surface area (Å²) in [5.41, 5.74) is 5.58. The van der Waals surface area contributed by atoms with Crippen molar-refractivity contribution in [1.82, 2.24) is 0 Å². The first-order valence-electron chi connectivity index (χ1n) is 8.09. The van der Waals surface area contributed by atoms with Crippen LogP contribution < -0.4 is 11.1 Å². The number of carbonyl (C=O) groups is 2. The van der Waals surface area contributed by atoms with E-state index < -0.39 is 17.1 Å². The molecule has 0 atom stereocenters. The second-order valence-corrected chi connectivity index (χ2v) is 7.23. The van der Waals surface area contributed by atoms with Crippen molar-refractivity contribution >= 4 is 33.4 Å². The maximum Gasteiger partial charge on any atom is 0.248 e. The molecule has 0 bridgehead atoms. The van der Waals surface area contributed by atoms with E-state index in [0.29, 0.717) is 12.8 Å². The van der Waals surface area contributed by atoms with Gasteiger partial charge in [-0.1, -0.05) is 40.9 Å². The van der Waals surface area contributed by atoms with Crippen molar-refractivity contribution in [2.24, 2.45) is 5.73 Å². The molecule has 1 aliphatic rings. The van der Waals surface area contributed by atoms with E-state index in [0.717, 1.165) is 28.9 Å². The number of carbonyl (C=O) groups excluding carboxylic acids is 2. The van der Waals surface area contributed by atoms with Crippen molar-refractivity contribution in [3.05, 3.63) is 63.9 Å². The standard InChI is InChI=1S/C19H18BrFN2O2/c20-14-5-3-4-13(11-14)19(8-1-2-9-19)18(25)23-16-10-12(17(22)24)6-7-15(16)21/h3-7,10-11H,1-2,8-9H2,(H2,22,24)(H,23,25). The average molecular weight is 405 g/mol. The number of anilines is 1. The molecule has 0 unspecified atom stereocenters. The Morgan fingerprint density at radius 2 is 1.84 bits per heavy atom. The maximum atomic E-state index is 14.1.